The van der Waals surface area contributed by atoms with E-state index in [-0.39, 0.29) is 0 Å². The summed E-state index contributed by atoms with van der Waals surface area (Å²) in [6, 6.07) is -0.547. The van der Waals surface area contributed by atoms with Gasteiger partial charge in [-0.1, -0.05) is 13.8 Å². The van der Waals surface area contributed by atoms with Gasteiger partial charge in [0.2, 0.25) is 0 Å². The Morgan fingerprint density at radius 3 is 2.31 bits per heavy atom. The molecule has 90 valence electrons. The summed E-state index contributed by atoms with van der Waals surface area (Å²) in [4.78, 5) is 33.9. The maximum absolute atomic E-state index is 11.3. The highest BCUT2D eigenvalue weighted by Gasteiger charge is 2.11. The number of carboxylic acid groups (broad SMARTS) is 1. The number of imide groups is 1. The van der Waals surface area contributed by atoms with Crippen molar-refractivity contribution >= 4 is 17.9 Å². The summed E-state index contributed by atoms with van der Waals surface area (Å²) in [5.41, 5.74) is 0. The number of carboxylic acids is 1. The zero-order valence-electron chi connectivity index (χ0n) is 9.56. The minimum atomic E-state index is -1.24. The molecule has 6 nitrogen and oxygen atoms in total. The van der Waals surface area contributed by atoms with Crippen molar-refractivity contribution in [2.75, 3.05) is 13.6 Å². The van der Waals surface area contributed by atoms with Crippen LogP contribution in [0.5, 0.6) is 0 Å². The van der Waals surface area contributed by atoms with Crippen LogP contribution in [0.1, 0.15) is 13.8 Å². The van der Waals surface area contributed by atoms with E-state index in [2.05, 4.69) is 0 Å². The molecule has 0 aliphatic heterocycles. The lowest BCUT2D eigenvalue weighted by molar-refractivity contribution is -0.131. The fourth-order valence-corrected chi connectivity index (χ4v) is 1.02. The van der Waals surface area contributed by atoms with Crippen molar-refractivity contribution < 1.29 is 19.5 Å². The van der Waals surface area contributed by atoms with Crippen LogP contribution in [0.15, 0.2) is 12.2 Å². The second-order valence-electron chi connectivity index (χ2n) is 3.74. The molecule has 16 heavy (non-hydrogen) atoms. The fourth-order valence-electron chi connectivity index (χ4n) is 1.02. The van der Waals surface area contributed by atoms with E-state index in [0.717, 1.165) is 6.08 Å². The molecule has 0 aliphatic rings. The first-order valence-electron chi connectivity index (χ1n) is 4.80. The smallest absolute Gasteiger partial charge is 0.328 e. The van der Waals surface area contributed by atoms with Crippen molar-refractivity contribution in [3.8, 4) is 0 Å². The number of nitrogens with one attached hydrogen (secondary N) is 1. The number of hydrogen-bond donors (Lipinski definition) is 2. The van der Waals surface area contributed by atoms with Crippen LogP contribution in [0.4, 0.5) is 4.79 Å². The van der Waals surface area contributed by atoms with Gasteiger partial charge in [-0.3, -0.25) is 10.1 Å². The first-order valence-corrected chi connectivity index (χ1v) is 4.80. The molecule has 0 fully saturated rings. The van der Waals surface area contributed by atoms with Gasteiger partial charge in [-0.05, 0) is 5.92 Å². The van der Waals surface area contributed by atoms with Crippen LogP contribution in [0.2, 0.25) is 0 Å². The van der Waals surface area contributed by atoms with Crippen molar-refractivity contribution in [3.63, 3.8) is 0 Å². The molecule has 0 unspecified atom stereocenters. The molecule has 0 rings (SSSR count). The Morgan fingerprint density at radius 2 is 1.88 bits per heavy atom. The van der Waals surface area contributed by atoms with Gasteiger partial charge < -0.3 is 10.0 Å². The minimum Gasteiger partial charge on any atom is -0.478 e. The molecular formula is C10H16N2O4. The Bertz CT molecular complexity index is 310. The normalized spacial score (nSPS) is 10.5. The molecule has 3 amide bonds. The molecule has 0 bridgehead atoms. The van der Waals surface area contributed by atoms with Crippen LogP contribution in [-0.2, 0) is 9.59 Å². The van der Waals surface area contributed by atoms with Gasteiger partial charge >= 0.3 is 12.0 Å². The van der Waals surface area contributed by atoms with Crippen molar-refractivity contribution in [3.05, 3.63) is 12.2 Å². The first kappa shape index (κ1) is 14.2. The van der Waals surface area contributed by atoms with Crippen molar-refractivity contribution in [1.29, 1.82) is 0 Å². The topological polar surface area (TPSA) is 86.7 Å². The maximum atomic E-state index is 11.3. The van der Waals surface area contributed by atoms with Crippen LogP contribution < -0.4 is 5.32 Å². The molecule has 0 aromatic carbocycles. The standard InChI is InChI=1S/C10H16N2O4/c1-7(2)6-12(3)10(16)11-8(13)4-5-9(14)15/h4-5,7H,6H2,1-3H3,(H,14,15)(H,11,13,16)/b5-4+. The lowest BCUT2D eigenvalue weighted by Gasteiger charge is -2.18. The van der Waals surface area contributed by atoms with E-state index in [1.165, 1.54) is 4.90 Å². The number of urea groups is 1. The summed E-state index contributed by atoms with van der Waals surface area (Å²) in [6.45, 7) is 4.40. The summed E-state index contributed by atoms with van der Waals surface area (Å²) in [5.74, 6) is -1.69. The van der Waals surface area contributed by atoms with E-state index in [1.807, 2.05) is 19.2 Å². The number of aliphatic carboxylic acids is 1. The van der Waals surface area contributed by atoms with E-state index in [4.69, 9.17) is 5.11 Å². The summed E-state index contributed by atoms with van der Waals surface area (Å²) >= 11 is 0. The second kappa shape index (κ2) is 6.60. The molecule has 2 N–H and O–H groups in total. The van der Waals surface area contributed by atoms with Crippen LogP contribution in [0.25, 0.3) is 0 Å². The summed E-state index contributed by atoms with van der Waals surface area (Å²) < 4.78 is 0. The summed E-state index contributed by atoms with van der Waals surface area (Å²) in [5, 5.41) is 10.3. The predicted octanol–water partition coefficient (Wildman–Crippen LogP) is 0.451. The molecule has 0 aliphatic carbocycles. The molecule has 0 saturated heterocycles. The zero-order chi connectivity index (χ0) is 12.7. The number of hydrogen-bond acceptors (Lipinski definition) is 3. The number of nitrogens with zero attached hydrogens (tertiary/aromatic N) is 1. The van der Waals surface area contributed by atoms with Gasteiger partial charge in [-0.15, -0.1) is 0 Å². The third-order valence-corrected chi connectivity index (χ3v) is 1.59. The highest BCUT2D eigenvalue weighted by molar-refractivity contribution is 6.02. The van der Waals surface area contributed by atoms with E-state index in [9.17, 15) is 14.4 Å². The van der Waals surface area contributed by atoms with Crippen molar-refractivity contribution in [2.24, 2.45) is 5.92 Å². The number of carbonyl (C=O) groups excluding carboxylic acids is 2. The Hall–Kier alpha value is -1.85. The largest absolute Gasteiger partial charge is 0.478 e. The Balaban J connectivity index is 4.14. The first-order chi connectivity index (χ1) is 7.32. The van der Waals surface area contributed by atoms with Crippen LogP contribution in [0, 0.1) is 5.92 Å². The van der Waals surface area contributed by atoms with Gasteiger partial charge in [0.25, 0.3) is 5.91 Å². The van der Waals surface area contributed by atoms with E-state index in [1.54, 1.807) is 7.05 Å². The third kappa shape index (κ3) is 6.58. The van der Waals surface area contributed by atoms with Crippen LogP contribution >= 0.6 is 0 Å². The number of rotatable bonds is 4. The summed E-state index contributed by atoms with van der Waals surface area (Å²) in [7, 11) is 1.56. The number of amides is 3. The molecule has 0 aromatic rings. The van der Waals surface area contributed by atoms with E-state index < -0.39 is 17.9 Å². The average Bonchev–Trinajstić information content (AvgIpc) is 2.13. The van der Waals surface area contributed by atoms with Crippen molar-refractivity contribution in [2.45, 2.75) is 13.8 Å². The highest BCUT2D eigenvalue weighted by atomic mass is 16.4. The molecule has 0 heterocycles. The molecule has 0 saturated carbocycles. The lowest BCUT2D eigenvalue weighted by Crippen LogP contribution is -2.41. The Labute approximate surface area is 93.9 Å². The molecule has 0 atom stereocenters. The zero-order valence-corrected chi connectivity index (χ0v) is 9.56. The fraction of sp³-hybridized carbons (Fsp3) is 0.500. The van der Waals surface area contributed by atoms with Crippen LogP contribution in [-0.4, -0.2) is 41.5 Å². The molecular weight excluding hydrogens is 212 g/mol. The predicted molar refractivity (Wildman–Crippen MR) is 57.8 cm³/mol. The average molecular weight is 228 g/mol. The lowest BCUT2D eigenvalue weighted by atomic mass is 10.2. The number of carbonyl (C=O) groups is 3. The van der Waals surface area contributed by atoms with E-state index >= 15 is 0 Å². The quantitative estimate of drug-likeness (QED) is 0.684. The van der Waals surface area contributed by atoms with Gasteiger partial charge in [0.1, 0.15) is 0 Å². The molecule has 0 radical (unpaired) electrons. The Morgan fingerprint density at radius 1 is 1.31 bits per heavy atom. The summed E-state index contributed by atoms with van der Waals surface area (Å²) in [6.07, 6.45) is 1.47. The van der Waals surface area contributed by atoms with Gasteiger partial charge in [-0.25, -0.2) is 9.59 Å². The monoisotopic (exact) mass is 228 g/mol. The van der Waals surface area contributed by atoms with Gasteiger partial charge in [0.05, 0.1) is 0 Å². The minimum absolute atomic E-state index is 0.292. The molecule has 6 heteroatoms. The van der Waals surface area contributed by atoms with Gasteiger partial charge in [0.15, 0.2) is 0 Å². The molecule has 0 spiro atoms. The van der Waals surface area contributed by atoms with Gasteiger partial charge in [-0.2, -0.15) is 0 Å². The van der Waals surface area contributed by atoms with Crippen LogP contribution in [0.3, 0.4) is 0 Å². The third-order valence-electron chi connectivity index (χ3n) is 1.59. The van der Waals surface area contributed by atoms with E-state index in [0.29, 0.717) is 18.5 Å². The maximum Gasteiger partial charge on any atom is 0.328 e. The Kier molecular flexibility index (Phi) is 5.84. The van der Waals surface area contributed by atoms with Crippen molar-refractivity contribution in [1.82, 2.24) is 10.2 Å². The highest BCUT2D eigenvalue weighted by Crippen LogP contribution is 1.95. The van der Waals surface area contributed by atoms with Gasteiger partial charge in [0, 0.05) is 25.7 Å². The second-order valence-corrected chi connectivity index (χ2v) is 3.74. The molecule has 0 aromatic heterocycles. The SMILES string of the molecule is CC(C)CN(C)C(=O)NC(=O)/C=C/C(=O)O.